The molecule has 1 aliphatic rings. The number of carbonyl (C=O) groups is 1. The SMILES string of the molecule is COc1ccc(C(=O)N2CCS[C@@H]2c2cc(OC)ccc2OC)c(OC)c1. The van der Waals surface area contributed by atoms with Crippen LogP contribution in [0.4, 0.5) is 0 Å². The summed E-state index contributed by atoms with van der Waals surface area (Å²) >= 11 is 1.70. The van der Waals surface area contributed by atoms with Crippen LogP contribution in [0.2, 0.25) is 0 Å². The lowest BCUT2D eigenvalue weighted by Gasteiger charge is -2.26. The van der Waals surface area contributed by atoms with Gasteiger partial charge in [-0.3, -0.25) is 4.79 Å². The summed E-state index contributed by atoms with van der Waals surface area (Å²) in [6.45, 7) is 0.643. The quantitative estimate of drug-likeness (QED) is 0.752. The van der Waals surface area contributed by atoms with Crippen molar-refractivity contribution in [2.24, 2.45) is 0 Å². The van der Waals surface area contributed by atoms with Crippen LogP contribution in [0.25, 0.3) is 0 Å². The maximum Gasteiger partial charge on any atom is 0.258 e. The van der Waals surface area contributed by atoms with Crippen molar-refractivity contribution >= 4 is 17.7 Å². The summed E-state index contributed by atoms with van der Waals surface area (Å²) in [4.78, 5) is 15.1. The van der Waals surface area contributed by atoms with Crippen molar-refractivity contribution in [3.8, 4) is 23.0 Å². The highest BCUT2D eigenvalue weighted by atomic mass is 32.2. The number of hydrogen-bond donors (Lipinski definition) is 0. The Morgan fingerprint density at radius 3 is 2.26 bits per heavy atom. The molecule has 1 heterocycles. The molecule has 3 rings (SSSR count). The van der Waals surface area contributed by atoms with Gasteiger partial charge in [-0.1, -0.05) is 0 Å². The lowest BCUT2D eigenvalue weighted by Crippen LogP contribution is -2.31. The van der Waals surface area contributed by atoms with Gasteiger partial charge in [0.1, 0.15) is 28.4 Å². The van der Waals surface area contributed by atoms with Gasteiger partial charge in [0, 0.05) is 23.9 Å². The molecule has 1 amide bonds. The first-order valence-corrected chi connectivity index (χ1v) is 9.54. The summed E-state index contributed by atoms with van der Waals surface area (Å²) in [5.74, 6) is 3.35. The largest absolute Gasteiger partial charge is 0.497 e. The fourth-order valence-electron chi connectivity index (χ4n) is 3.10. The highest BCUT2D eigenvalue weighted by Gasteiger charge is 2.34. The van der Waals surface area contributed by atoms with Gasteiger partial charge in [-0.2, -0.15) is 0 Å². The molecule has 0 radical (unpaired) electrons. The smallest absolute Gasteiger partial charge is 0.258 e. The maximum absolute atomic E-state index is 13.3. The number of rotatable bonds is 6. The highest BCUT2D eigenvalue weighted by molar-refractivity contribution is 7.99. The van der Waals surface area contributed by atoms with Gasteiger partial charge in [-0.05, 0) is 30.3 Å². The minimum Gasteiger partial charge on any atom is -0.497 e. The summed E-state index contributed by atoms with van der Waals surface area (Å²) in [6, 6.07) is 10.9. The second-order valence-corrected chi connectivity index (χ2v) is 7.08. The van der Waals surface area contributed by atoms with E-state index in [1.165, 1.54) is 0 Å². The van der Waals surface area contributed by atoms with E-state index >= 15 is 0 Å². The van der Waals surface area contributed by atoms with Crippen LogP contribution in [0.3, 0.4) is 0 Å². The average molecular weight is 389 g/mol. The lowest BCUT2D eigenvalue weighted by atomic mass is 10.1. The van der Waals surface area contributed by atoms with E-state index in [1.807, 2.05) is 23.1 Å². The molecule has 7 heteroatoms. The first-order valence-electron chi connectivity index (χ1n) is 8.49. The Morgan fingerprint density at radius 1 is 0.926 bits per heavy atom. The molecule has 0 aliphatic carbocycles. The molecule has 1 aliphatic heterocycles. The second kappa shape index (κ2) is 8.43. The highest BCUT2D eigenvalue weighted by Crippen LogP contribution is 2.44. The first-order chi connectivity index (χ1) is 13.1. The molecular formula is C20H23NO5S. The Morgan fingerprint density at radius 2 is 1.59 bits per heavy atom. The van der Waals surface area contributed by atoms with E-state index in [9.17, 15) is 4.79 Å². The zero-order valence-electron chi connectivity index (χ0n) is 15.9. The molecular weight excluding hydrogens is 366 g/mol. The first kappa shape index (κ1) is 19.2. The topological polar surface area (TPSA) is 57.2 Å². The Kier molecular flexibility index (Phi) is 6.01. The number of nitrogens with zero attached hydrogens (tertiary/aromatic N) is 1. The third kappa shape index (κ3) is 3.78. The zero-order chi connectivity index (χ0) is 19.4. The van der Waals surface area contributed by atoms with E-state index in [0.717, 1.165) is 22.8 Å². The number of thioether (sulfide) groups is 1. The van der Waals surface area contributed by atoms with Gasteiger partial charge in [0.25, 0.3) is 5.91 Å². The van der Waals surface area contributed by atoms with Crippen molar-refractivity contribution in [3.63, 3.8) is 0 Å². The third-order valence-electron chi connectivity index (χ3n) is 4.49. The minimum absolute atomic E-state index is 0.0885. The van der Waals surface area contributed by atoms with Gasteiger partial charge >= 0.3 is 0 Å². The van der Waals surface area contributed by atoms with Gasteiger partial charge in [-0.25, -0.2) is 0 Å². The third-order valence-corrected chi connectivity index (χ3v) is 5.74. The van der Waals surface area contributed by atoms with Crippen molar-refractivity contribution in [3.05, 3.63) is 47.5 Å². The van der Waals surface area contributed by atoms with Crippen molar-refractivity contribution in [1.82, 2.24) is 4.90 Å². The molecule has 1 saturated heterocycles. The Bertz CT molecular complexity index is 826. The maximum atomic E-state index is 13.3. The Hall–Kier alpha value is -2.54. The number of methoxy groups -OCH3 is 4. The van der Waals surface area contributed by atoms with Gasteiger partial charge in [0.2, 0.25) is 0 Å². The molecule has 1 fully saturated rings. The van der Waals surface area contributed by atoms with Crippen LogP contribution in [-0.2, 0) is 0 Å². The lowest BCUT2D eigenvalue weighted by molar-refractivity contribution is 0.0755. The molecule has 0 unspecified atom stereocenters. The summed E-state index contributed by atoms with van der Waals surface area (Å²) in [5.41, 5.74) is 1.42. The van der Waals surface area contributed by atoms with E-state index < -0.39 is 0 Å². The van der Waals surface area contributed by atoms with Crippen LogP contribution in [0.5, 0.6) is 23.0 Å². The molecule has 0 N–H and O–H groups in total. The number of carbonyl (C=O) groups excluding carboxylic acids is 1. The van der Waals surface area contributed by atoms with Crippen molar-refractivity contribution in [1.29, 1.82) is 0 Å². The summed E-state index contributed by atoms with van der Waals surface area (Å²) in [5, 5.41) is -0.158. The number of hydrogen-bond acceptors (Lipinski definition) is 6. The number of benzene rings is 2. The predicted molar refractivity (Wildman–Crippen MR) is 105 cm³/mol. The number of ether oxygens (including phenoxy) is 4. The van der Waals surface area contributed by atoms with Crippen LogP contribution in [0.1, 0.15) is 21.3 Å². The molecule has 0 aromatic heterocycles. The Labute approximate surface area is 163 Å². The van der Waals surface area contributed by atoms with Crippen LogP contribution in [0, 0.1) is 0 Å². The molecule has 0 bridgehead atoms. The van der Waals surface area contributed by atoms with Crippen molar-refractivity contribution < 1.29 is 23.7 Å². The summed E-state index contributed by atoms with van der Waals surface area (Å²) in [7, 11) is 6.38. The molecule has 2 aromatic carbocycles. The molecule has 2 aromatic rings. The van der Waals surface area contributed by atoms with E-state index in [0.29, 0.717) is 23.6 Å². The molecule has 1 atom stereocenters. The average Bonchev–Trinajstić information content (AvgIpc) is 3.21. The van der Waals surface area contributed by atoms with Crippen LogP contribution >= 0.6 is 11.8 Å². The van der Waals surface area contributed by atoms with E-state index in [-0.39, 0.29) is 11.3 Å². The van der Waals surface area contributed by atoms with Gasteiger partial charge in [-0.15, -0.1) is 11.8 Å². The predicted octanol–water partition coefficient (Wildman–Crippen LogP) is 3.61. The summed E-state index contributed by atoms with van der Waals surface area (Å²) < 4.78 is 21.5. The second-order valence-electron chi connectivity index (χ2n) is 5.90. The fourth-order valence-corrected chi connectivity index (χ4v) is 4.37. The van der Waals surface area contributed by atoms with Crippen molar-refractivity contribution in [2.45, 2.75) is 5.37 Å². The normalized spacial score (nSPS) is 16.1. The minimum atomic E-state index is -0.158. The van der Waals surface area contributed by atoms with Crippen LogP contribution in [0.15, 0.2) is 36.4 Å². The number of amides is 1. The zero-order valence-corrected chi connectivity index (χ0v) is 16.7. The van der Waals surface area contributed by atoms with E-state index in [2.05, 4.69) is 0 Å². The van der Waals surface area contributed by atoms with Gasteiger partial charge in [0.15, 0.2) is 0 Å². The molecule has 27 heavy (non-hydrogen) atoms. The van der Waals surface area contributed by atoms with Gasteiger partial charge in [0.05, 0.1) is 34.0 Å². The standard InChI is InChI=1S/C20H23NO5S/c1-23-13-6-8-17(25-3)16(11-13)20-21(9-10-27-20)19(22)15-7-5-14(24-2)12-18(15)26-4/h5-8,11-12,20H,9-10H2,1-4H3/t20-/m1/s1. The van der Waals surface area contributed by atoms with Gasteiger partial charge < -0.3 is 23.8 Å². The van der Waals surface area contributed by atoms with Crippen LogP contribution < -0.4 is 18.9 Å². The van der Waals surface area contributed by atoms with Crippen molar-refractivity contribution in [2.75, 3.05) is 40.7 Å². The monoisotopic (exact) mass is 389 g/mol. The molecule has 144 valence electrons. The van der Waals surface area contributed by atoms with E-state index in [4.69, 9.17) is 18.9 Å². The molecule has 6 nitrogen and oxygen atoms in total. The van der Waals surface area contributed by atoms with E-state index in [1.54, 1.807) is 58.4 Å². The van der Waals surface area contributed by atoms with Crippen LogP contribution in [-0.4, -0.2) is 51.5 Å². The summed E-state index contributed by atoms with van der Waals surface area (Å²) in [6.07, 6.45) is 0. The Balaban J connectivity index is 1.96. The molecule has 0 saturated carbocycles. The molecule has 0 spiro atoms. The fraction of sp³-hybridized carbons (Fsp3) is 0.350.